The Hall–Kier alpha value is -2.57. The van der Waals surface area contributed by atoms with Crippen LogP contribution in [-0.4, -0.2) is 89.7 Å². The van der Waals surface area contributed by atoms with Gasteiger partial charge in [-0.1, -0.05) is 29.8 Å². The summed E-state index contributed by atoms with van der Waals surface area (Å²) < 4.78 is 23.2. The molecule has 1 N–H and O–H groups in total. The Bertz CT molecular complexity index is 1350. The van der Waals surface area contributed by atoms with Crippen LogP contribution >= 0.6 is 28.3 Å². The highest BCUT2D eigenvalue weighted by Crippen LogP contribution is 2.39. The van der Waals surface area contributed by atoms with Crippen LogP contribution in [0.4, 0.5) is 17.1 Å². The van der Waals surface area contributed by atoms with Crippen LogP contribution in [0.5, 0.6) is 11.5 Å². The monoisotopic (exact) mass is 692 g/mol. The van der Waals surface area contributed by atoms with E-state index in [1.807, 2.05) is 45.2 Å². The number of nitrogens with zero attached hydrogens (tertiary/aromatic N) is 3. The molecule has 6 heterocycles. The molecule has 4 fully saturated rings. The zero-order valence-electron chi connectivity index (χ0n) is 25.7. The van der Waals surface area contributed by atoms with Crippen molar-refractivity contribution in [2.45, 2.75) is 51.0 Å². The summed E-state index contributed by atoms with van der Waals surface area (Å²) in [6.45, 7) is 8.45. The van der Waals surface area contributed by atoms with Crippen molar-refractivity contribution in [3.8, 4) is 11.5 Å². The number of nitrogens with one attached hydrogen (secondary N) is 1. The van der Waals surface area contributed by atoms with Gasteiger partial charge in [0.2, 0.25) is 11.8 Å². The van der Waals surface area contributed by atoms with Crippen molar-refractivity contribution >= 4 is 57.2 Å². The predicted octanol–water partition coefficient (Wildman–Crippen LogP) is 4.26. The number of fused-ring (bicyclic) bond motifs is 6. The van der Waals surface area contributed by atoms with E-state index in [4.69, 9.17) is 18.9 Å². The Morgan fingerprint density at radius 2 is 1.41 bits per heavy atom. The lowest BCUT2D eigenvalue weighted by Crippen LogP contribution is -2.37. The molecule has 10 nitrogen and oxygen atoms in total. The number of halogens is 2. The van der Waals surface area contributed by atoms with E-state index in [2.05, 4.69) is 38.3 Å². The van der Waals surface area contributed by atoms with Gasteiger partial charge in [-0.2, -0.15) is 0 Å². The number of anilines is 3. The molecule has 240 valence electrons. The lowest BCUT2D eigenvalue weighted by atomic mass is 10.1. The van der Waals surface area contributed by atoms with E-state index in [0.717, 1.165) is 65.8 Å². The molecule has 0 aromatic heterocycles. The standard InChI is InChI=1S/C16H20N2O3.C11H12BrNO2.C5H9NO.ClH/c1-10-8-21-15-4-3-11(6-14(15)17(2)16(10)19)18-7-13-5-12(18)9-20-13;1-7-6-15-10-4-3-8(12)5-9(10)13(2)11(7)14;1-4-3-7-5(1)2-6-4;/h3-4,6,10,12-13H,5,7-9H2,1-2H3;3-5,7H,6H2,1-2H3;4-6H,1-3H2;1H/t10-,12-,13-;7-;4-,5-;/m000./s1. The molecular weight excluding hydrogens is 652 g/mol. The number of hydrogen-bond donors (Lipinski definition) is 1. The van der Waals surface area contributed by atoms with Crippen molar-refractivity contribution in [1.82, 2.24) is 5.32 Å². The lowest BCUT2D eigenvalue weighted by molar-refractivity contribution is -0.122. The summed E-state index contributed by atoms with van der Waals surface area (Å²) in [5, 5.41) is 3.33. The fraction of sp³-hybridized carbons (Fsp3) is 0.562. The number of ether oxygens (including phenoxy) is 4. The largest absolute Gasteiger partial charge is 0.491 e. The van der Waals surface area contributed by atoms with Gasteiger partial charge in [0.05, 0.1) is 67.9 Å². The minimum Gasteiger partial charge on any atom is -0.491 e. The number of rotatable bonds is 1. The first-order valence-corrected chi connectivity index (χ1v) is 15.9. The van der Waals surface area contributed by atoms with Gasteiger partial charge in [0.25, 0.3) is 0 Å². The Morgan fingerprint density at radius 3 is 1.89 bits per heavy atom. The van der Waals surface area contributed by atoms with E-state index in [-0.39, 0.29) is 36.1 Å². The van der Waals surface area contributed by atoms with Crippen molar-refractivity contribution < 1.29 is 28.5 Å². The second-order valence-electron chi connectivity index (χ2n) is 12.3. The van der Waals surface area contributed by atoms with Crippen LogP contribution in [0.3, 0.4) is 0 Å². The summed E-state index contributed by atoms with van der Waals surface area (Å²) in [6, 6.07) is 13.0. The Morgan fingerprint density at radius 1 is 0.795 bits per heavy atom. The molecule has 0 spiro atoms. The van der Waals surface area contributed by atoms with Crippen LogP contribution in [-0.2, 0) is 19.1 Å². The van der Waals surface area contributed by atoms with E-state index in [1.54, 1.807) is 16.8 Å². The topological polar surface area (TPSA) is 92.8 Å². The van der Waals surface area contributed by atoms with Crippen LogP contribution in [0.25, 0.3) is 0 Å². The van der Waals surface area contributed by atoms with Gasteiger partial charge < -0.3 is 39.0 Å². The van der Waals surface area contributed by atoms with Crippen LogP contribution in [0.15, 0.2) is 40.9 Å². The number of hydrogen-bond acceptors (Lipinski definition) is 8. The smallest absolute Gasteiger partial charge is 0.233 e. The second kappa shape index (κ2) is 13.8. The quantitative estimate of drug-likeness (QED) is 0.474. The number of carbonyl (C=O) groups excluding carboxylic acids is 2. The van der Waals surface area contributed by atoms with Crippen molar-refractivity contribution in [2.75, 3.05) is 68.3 Å². The highest BCUT2D eigenvalue weighted by Gasteiger charge is 2.39. The van der Waals surface area contributed by atoms with Gasteiger partial charge in [-0.05, 0) is 49.2 Å². The molecular formula is C32H42BrClN4O6. The zero-order chi connectivity index (χ0) is 30.2. The van der Waals surface area contributed by atoms with Crippen LogP contribution in [0, 0.1) is 11.8 Å². The first-order valence-electron chi connectivity index (χ1n) is 15.2. The summed E-state index contributed by atoms with van der Waals surface area (Å²) in [5.41, 5.74) is 2.84. The first-order chi connectivity index (χ1) is 20.7. The van der Waals surface area contributed by atoms with Crippen LogP contribution < -0.4 is 29.5 Å². The highest BCUT2D eigenvalue weighted by molar-refractivity contribution is 9.10. The molecule has 2 amide bonds. The average Bonchev–Trinajstić information content (AvgIpc) is 3.84. The highest BCUT2D eigenvalue weighted by atomic mass is 79.9. The third-order valence-corrected chi connectivity index (χ3v) is 9.51. The molecule has 0 unspecified atom stereocenters. The number of benzene rings is 2. The average molecular weight is 694 g/mol. The van der Waals surface area contributed by atoms with Crippen molar-refractivity contribution in [3.63, 3.8) is 0 Å². The fourth-order valence-electron chi connectivity index (χ4n) is 6.42. The maximum atomic E-state index is 12.3. The van der Waals surface area contributed by atoms with Gasteiger partial charge in [-0.15, -0.1) is 12.4 Å². The molecule has 2 aromatic carbocycles. The van der Waals surface area contributed by atoms with E-state index in [0.29, 0.717) is 37.5 Å². The molecule has 0 saturated carbocycles. The molecule has 12 heteroatoms. The number of carbonyl (C=O) groups is 2. The summed E-state index contributed by atoms with van der Waals surface area (Å²) in [5.74, 6) is 1.55. The van der Waals surface area contributed by atoms with E-state index in [9.17, 15) is 9.59 Å². The van der Waals surface area contributed by atoms with Gasteiger partial charge >= 0.3 is 0 Å². The Labute approximate surface area is 273 Å². The molecule has 2 aromatic rings. The molecule has 4 saturated heterocycles. The summed E-state index contributed by atoms with van der Waals surface area (Å²) in [4.78, 5) is 29.9. The van der Waals surface area contributed by atoms with E-state index in [1.165, 1.54) is 6.42 Å². The third-order valence-electron chi connectivity index (χ3n) is 9.01. The van der Waals surface area contributed by atoms with Crippen molar-refractivity contribution in [2.24, 2.45) is 11.8 Å². The summed E-state index contributed by atoms with van der Waals surface area (Å²) >= 11 is 3.38. The van der Waals surface area contributed by atoms with Gasteiger partial charge in [-0.25, -0.2) is 0 Å². The molecule has 8 rings (SSSR count). The summed E-state index contributed by atoms with van der Waals surface area (Å²) in [6.07, 6.45) is 3.29. The van der Waals surface area contributed by atoms with Gasteiger partial charge in [0.15, 0.2) is 0 Å². The molecule has 0 radical (unpaired) electrons. The molecule has 0 aliphatic carbocycles. The van der Waals surface area contributed by atoms with Gasteiger partial charge in [-0.3, -0.25) is 9.59 Å². The Balaban J connectivity index is 0.000000145. The molecule has 4 bridgehead atoms. The molecule has 6 aliphatic heterocycles. The maximum Gasteiger partial charge on any atom is 0.233 e. The fourth-order valence-corrected chi connectivity index (χ4v) is 6.77. The molecule has 6 aliphatic rings. The minimum atomic E-state index is -0.109. The molecule has 6 atom stereocenters. The SMILES string of the molecule is C1O[C@@H]2CN[C@H]1C2.C[C@H]1COc2ccc(Br)cc2N(C)C1=O.C[C@H]1COc2ccc(N3C[C@@H]4C[C@H]3CO4)cc2N(C)C1=O.Cl. The Kier molecular flexibility index (Phi) is 10.3. The van der Waals surface area contributed by atoms with E-state index < -0.39 is 0 Å². The normalized spacial score (nSPS) is 29.5. The summed E-state index contributed by atoms with van der Waals surface area (Å²) in [7, 11) is 3.61. The third kappa shape index (κ3) is 6.82. The number of amides is 2. The first kappa shape index (κ1) is 32.8. The number of morpholine rings is 2. The molecule has 44 heavy (non-hydrogen) atoms. The van der Waals surface area contributed by atoms with Crippen LogP contribution in [0.2, 0.25) is 0 Å². The van der Waals surface area contributed by atoms with Gasteiger partial charge in [0.1, 0.15) is 11.5 Å². The zero-order valence-corrected chi connectivity index (χ0v) is 28.1. The van der Waals surface area contributed by atoms with Gasteiger partial charge in [0, 0.05) is 43.4 Å². The maximum absolute atomic E-state index is 12.3. The van der Waals surface area contributed by atoms with Crippen molar-refractivity contribution in [3.05, 3.63) is 40.9 Å². The predicted molar refractivity (Wildman–Crippen MR) is 176 cm³/mol. The second-order valence-corrected chi connectivity index (χ2v) is 13.2. The minimum absolute atomic E-state index is 0. The lowest BCUT2D eigenvalue weighted by Gasteiger charge is -2.30. The van der Waals surface area contributed by atoms with Crippen molar-refractivity contribution in [1.29, 1.82) is 0 Å². The van der Waals surface area contributed by atoms with E-state index >= 15 is 0 Å². The van der Waals surface area contributed by atoms with Crippen LogP contribution in [0.1, 0.15) is 26.7 Å².